The Kier molecular flexibility index (Phi) is 4.17. The molecule has 2 unspecified atom stereocenters. The molecule has 1 N–H and O–H groups in total. The van der Waals surface area contributed by atoms with Gasteiger partial charge in [0.25, 0.3) is 0 Å². The van der Waals surface area contributed by atoms with Crippen LogP contribution in [0.5, 0.6) is 0 Å². The van der Waals surface area contributed by atoms with Crippen LogP contribution in [-0.2, 0) is 4.79 Å². The first-order valence-corrected chi connectivity index (χ1v) is 10.0. The Bertz CT molecular complexity index is 913. The highest BCUT2D eigenvalue weighted by Crippen LogP contribution is 2.47. The summed E-state index contributed by atoms with van der Waals surface area (Å²) in [6.45, 7) is 6.05. The van der Waals surface area contributed by atoms with Crippen LogP contribution in [0.15, 0.2) is 41.8 Å². The summed E-state index contributed by atoms with van der Waals surface area (Å²) in [6, 6.07) is 12.4. The second-order valence-electron chi connectivity index (χ2n) is 6.26. The van der Waals surface area contributed by atoms with Crippen LogP contribution in [-0.4, -0.2) is 20.9 Å². The Hall–Kier alpha value is -2.05. The van der Waals surface area contributed by atoms with Crippen molar-refractivity contribution in [3.05, 3.63) is 63.5 Å². The summed E-state index contributed by atoms with van der Waals surface area (Å²) in [4.78, 5) is 13.8. The Morgan fingerprint density at radius 3 is 2.60 bits per heavy atom. The molecule has 0 bridgehead atoms. The van der Waals surface area contributed by atoms with E-state index in [-0.39, 0.29) is 16.4 Å². The Morgan fingerprint density at radius 2 is 1.92 bits per heavy atom. The molecule has 6 heteroatoms. The average molecular weight is 370 g/mol. The molecule has 0 saturated carbocycles. The number of aromatic nitrogens is 2. The van der Waals surface area contributed by atoms with Crippen molar-refractivity contribution in [2.75, 3.05) is 5.32 Å². The van der Waals surface area contributed by atoms with Crippen molar-refractivity contribution in [3.8, 4) is 5.69 Å². The highest BCUT2D eigenvalue weighted by Gasteiger charge is 2.34. The fraction of sp³-hybridized carbons (Fsp3) is 0.263. The van der Waals surface area contributed by atoms with Crippen LogP contribution in [0.2, 0.25) is 0 Å². The summed E-state index contributed by atoms with van der Waals surface area (Å²) < 4.78 is 1.86. The lowest BCUT2D eigenvalue weighted by Crippen LogP contribution is -2.22. The number of fused-ring (bicyclic) bond motifs is 1. The maximum Gasteiger partial charge on any atom is 0.238 e. The summed E-state index contributed by atoms with van der Waals surface area (Å²) >= 11 is 3.41. The molecular weight excluding hydrogens is 350 g/mol. The van der Waals surface area contributed by atoms with Gasteiger partial charge in [-0.2, -0.15) is 5.10 Å². The fourth-order valence-electron chi connectivity index (χ4n) is 3.05. The van der Waals surface area contributed by atoms with Crippen molar-refractivity contribution in [1.29, 1.82) is 0 Å². The number of rotatable bonds is 2. The third-order valence-electron chi connectivity index (χ3n) is 4.40. The van der Waals surface area contributed by atoms with E-state index < -0.39 is 0 Å². The topological polar surface area (TPSA) is 46.9 Å². The number of amides is 1. The molecule has 3 aromatic rings. The third-order valence-corrected chi connectivity index (χ3v) is 6.87. The molecule has 25 heavy (non-hydrogen) atoms. The summed E-state index contributed by atoms with van der Waals surface area (Å²) in [7, 11) is 0. The standard InChI is InChI=1S/C19H19N3OS2/c1-11-6-8-14(9-7-11)22-18-16(12(2)21-22)17(15-5-4-10-24-15)25-13(3)19(23)20-18/h4-10,13,17H,1-3H3,(H,20,23). The lowest BCUT2D eigenvalue weighted by molar-refractivity contribution is -0.115. The van der Waals surface area contributed by atoms with Gasteiger partial charge in [0.05, 0.1) is 21.9 Å². The van der Waals surface area contributed by atoms with E-state index in [0.29, 0.717) is 0 Å². The van der Waals surface area contributed by atoms with E-state index in [4.69, 9.17) is 5.10 Å². The Balaban J connectivity index is 1.90. The smallest absolute Gasteiger partial charge is 0.238 e. The summed E-state index contributed by atoms with van der Waals surface area (Å²) in [6.07, 6.45) is 0. The minimum absolute atomic E-state index is 0.0265. The number of hydrogen-bond acceptors (Lipinski definition) is 4. The predicted molar refractivity (Wildman–Crippen MR) is 105 cm³/mol. The highest BCUT2D eigenvalue weighted by atomic mass is 32.2. The van der Waals surface area contributed by atoms with Gasteiger partial charge in [-0.15, -0.1) is 23.1 Å². The molecule has 2 atom stereocenters. The summed E-state index contributed by atoms with van der Waals surface area (Å²) in [5, 5.41) is 9.94. The third kappa shape index (κ3) is 2.89. The highest BCUT2D eigenvalue weighted by molar-refractivity contribution is 8.01. The molecule has 0 radical (unpaired) electrons. The first-order valence-electron chi connectivity index (χ1n) is 8.21. The maximum atomic E-state index is 12.6. The zero-order chi connectivity index (χ0) is 17.6. The van der Waals surface area contributed by atoms with E-state index in [2.05, 4.69) is 41.9 Å². The molecule has 0 fully saturated rings. The first kappa shape index (κ1) is 16.4. The molecule has 2 aromatic heterocycles. The van der Waals surface area contributed by atoms with Gasteiger partial charge in [-0.25, -0.2) is 4.68 Å². The number of nitrogens with one attached hydrogen (secondary N) is 1. The van der Waals surface area contributed by atoms with Gasteiger partial charge in [-0.3, -0.25) is 4.79 Å². The van der Waals surface area contributed by atoms with E-state index in [1.54, 1.807) is 23.1 Å². The van der Waals surface area contributed by atoms with Gasteiger partial charge in [-0.05, 0) is 44.4 Å². The Labute approximate surface area is 155 Å². The molecule has 1 aliphatic rings. The van der Waals surface area contributed by atoms with E-state index in [1.165, 1.54) is 10.4 Å². The molecular formula is C19H19N3OS2. The number of aryl methyl sites for hydroxylation is 2. The van der Waals surface area contributed by atoms with E-state index in [1.807, 2.05) is 30.7 Å². The van der Waals surface area contributed by atoms with Crippen LogP contribution in [0.4, 0.5) is 5.82 Å². The van der Waals surface area contributed by atoms with Crippen molar-refractivity contribution in [2.45, 2.75) is 31.3 Å². The van der Waals surface area contributed by atoms with Crippen LogP contribution in [0.1, 0.15) is 33.9 Å². The largest absolute Gasteiger partial charge is 0.309 e. The summed E-state index contributed by atoms with van der Waals surface area (Å²) in [5.41, 5.74) is 4.21. The van der Waals surface area contributed by atoms with Gasteiger partial charge in [0.2, 0.25) is 5.91 Å². The maximum absolute atomic E-state index is 12.6. The molecule has 0 aliphatic carbocycles. The van der Waals surface area contributed by atoms with Crippen LogP contribution >= 0.6 is 23.1 Å². The molecule has 0 saturated heterocycles. The molecule has 1 amide bonds. The number of anilines is 1. The van der Waals surface area contributed by atoms with Crippen molar-refractivity contribution >= 4 is 34.8 Å². The minimum atomic E-state index is -0.120. The number of hydrogen-bond donors (Lipinski definition) is 1. The molecule has 3 heterocycles. The number of carbonyl (C=O) groups is 1. The van der Waals surface area contributed by atoms with Gasteiger partial charge >= 0.3 is 0 Å². The van der Waals surface area contributed by atoms with Gasteiger partial charge in [0.15, 0.2) is 0 Å². The quantitative estimate of drug-likeness (QED) is 0.711. The number of thiophene rings is 1. The minimum Gasteiger partial charge on any atom is -0.309 e. The van der Waals surface area contributed by atoms with Gasteiger partial charge < -0.3 is 5.32 Å². The van der Waals surface area contributed by atoms with Crippen molar-refractivity contribution in [2.24, 2.45) is 0 Å². The van der Waals surface area contributed by atoms with Gasteiger partial charge in [-0.1, -0.05) is 23.8 Å². The van der Waals surface area contributed by atoms with Crippen LogP contribution in [0.25, 0.3) is 5.69 Å². The molecule has 4 nitrogen and oxygen atoms in total. The second kappa shape index (κ2) is 6.35. The zero-order valence-corrected chi connectivity index (χ0v) is 15.9. The van der Waals surface area contributed by atoms with Crippen molar-refractivity contribution in [1.82, 2.24) is 9.78 Å². The van der Waals surface area contributed by atoms with E-state index in [0.717, 1.165) is 22.8 Å². The van der Waals surface area contributed by atoms with E-state index >= 15 is 0 Å². The normalized spacial score (nSPS) is 20.0. The average Bonchev–Trinajstić information content (AvgIpc) is 3.19. The van der Waals surface area contributed by atoms with Gasteiger partial charge in [0, 0.05) is 10.4 Å². The molecule has 4 rings (SSSR count). The Morgan fingerprint density at radius 1 is 1.16 bits per heavy atom. The fourth-order valence-corrected chi connectivity index (χ4v) is 5.32. The monoisotopic (exact) mass is 369 g/mol. The number of nitrogens with zero attached hydrogens (tertiary/aromatic N) is 2. The lowest BCUT2D eigenvalue weighted by atomic mass is 10.1. The second-order valence-corrected chi connectivity index (χ2v) is 8.69. The number of benzene rings is 1. The van der Waals surface area contributed by atoms with E-state index in [9.17, 15) is 4.79 Å². The van der Waals surface area contributed by atoms with Crippen LogP contribution < -0.4 is 5.32 Å². The predicted octanol–water partition coefficient (Wildman–Crippen LogP) is 4.71. The van der Waals surface area contributed by atoms with Crippen LogP contribution in [0.3, 0.4) is 0 Å². The zero-order valence-electron chi connectivity index (χ0n) is 14.3. The molecule has 0 spiro atoms. The summed E-state index contributed by atoms with van der Waals surface area (Å²) in [5.74, 6) is 0.820. The van der Waals surface area contributed by atoms with Gasteiger partial charge in [0.1, 0.15) is 5.82 Å². The van der Waals surface area contributed by atoms with Crippen molar-refractivity contribution < 1.29 is 4.79 Å². The molecule has 1 aliphatic heterocycles. The SMILES string of the molecule is Cc1ccc(-n2nc(C)c3c2NC(=O)C(C)SC3c2cccs2)cc1. The van der Waals surface area contributed by atoms with Crippen LogP contribution in [0, 0.1) is 13.8 Å². The molecule has 1 aromatic carbocycles. The number of thioether (sulfide) groups is 1. The van der Waals surface area contributed by atoms with Crippen molar-refractivity contribution in [3.63, 3.8) is 0 Å². The molecule has 128 valence electrons. The lowest BCUT2D eigenvalue weighted by Gasteiger charge is -2.15. The first-order chi connectivity index (χ1) is 12.0. The number of carbonyl (C=O) groups excluding carboxylic acids is 1.